The predicted octanol–water partition coefficient (Wildman–Crippen LogP) is 4.62. The third-order valence-corrected chi connectivity index (χ3v) is 4.49. The van der Waals surface area contributed by atoms with Crippen LogP contribution in [0.3, 0.4) is 0 Å². The van der Waals surface area contributed by atoms with Gasteiger partial charge in [-0.1, -0.05) is 23.7 Å². The van der Waals surface area contributed by atoms with Crippen LogP contribution in [-0.2, 0) is 12.7 Å². The molecule has 0 aliphatic heterocycles. The molecule has 172 valence electrons. The van der Waals surface area contributed by atoms with Gasteiger partial charge in [0.1, 0.15) is 17.2 Å². The summed E-state index contributed by atoms with van der Waals surface area (Å²) in [7, 11) is 1.50. The first-order valence-corrected chi connectivity index (χ1v) is 9.76. The van der Waals surface area contributed by atoms with Crippen LogP contribution < -0.4 is 20.7 Å². The van der Waals surface area contributed by atoms with Crippen LogP contribution in [-0.4, -0.2) is 29.0 Å². The SMILES string of the molecule is CNC(=O)c1cc(Oc2ccc(CNC(=O)Nc3ncc(C(F)(F)F)cc3Cl)cc2)ccn1. The number of alkyl halides is 3. The number of nitrogens with one attached hydrogen (secondary N) is 3. The van der Waals surface area contributed by atoms with Gasteiger partial charge in [0, 0.05) is 32.1 Å². The van der Waals surface area contributed by atoms with Crippen molar-refractivity contribution in [3.63, 3.8) is 0 Å². The van der Waals surface area contributed by atoms with Crippen LogP contribution in [0.25, 0.3) is 0 Å². The fraction of sp³-hybridized carbons (Fsp3) is 0.143. The number of anilines is 1. The number of ether oxygens (including phenoxy) is 1. The molecule has 0 aliphatic carbocycles. The van der Waals surface area contributed by atoms with E-state index >= 15 is 0 Å². The average molecular weight is 480 g/mol. The number of carbonyl (C=O) groups excluding carboxylic acids is 2. The molecule has 33 heavy (non-hydrogen) atoms. The number of pyridine rings is 2. The van der Waals surface area contributed by atoms with E-state index in [4.69, 9.17) is 16.3 Å². The number of rotatable bonds is 6. The minimum absolute atomic E-state index is 0.125. The second-order valence-corrected chi connectivity index (χ2v) is 6.97. The largest absolute Gasteiger partial charge is 0.457 e. The summed E-state index contributed by atoms with van der Waals surface area (Å²) in [5, 5.41) is 6.99. The van der Waals surface area contributed by atoms with Gasteiger partial charge in [0.05, 0.1) is 10.6 Å². The van der Waals surface area contributed by atoms with E-state index in [0.29, 0.717) is 23.8 Å². The summed E-state index contributed by atoms with van der Waals surface area (Å²) in [6.07, 6.45) is -2.55. The van der Waals surface area contributed by atoms with Crippen molar-refractivity contribution in [3.8, 4) is 11.5 Å². The summed E-state index contributed by atoms with van der Waals surface area (Å²) in [5.74, 6) is 0.389. The van der Waals surface area contributed by atoms with Crippen molar-refractivity contribution in [1.29, 1.82) is 0 Å². The molecule has 2 heterocycles. The molecule has 8 nitrogen and oxygen atoms in total. The van der Waals surface area contributed by atoms with Crippen LogP contribution in [0.5, 0.6) is 11.5 Å². The molecule has 3 N–H and O–H groups in total. The van der Waals surface area contributed by atoms with Gasteiger partial charge in [0.15, 0.2) is 5.82 Å². The first kappa shape index (κ1) is 23.8. The highest BCUT2D eigenvalue weighted by Crippen LogP contribution is 2.32. The lowest BCUT2D eigenvalue weighted by molar-refractivity contribution is -0.137. The Bertz CT molecular complexity index is 1160. The molecular formula is C21H17ClF3N5O3. The number of hydrogen-bond donors (Lipinski definition) is 3. The molecule has 0 unspecified atom stereocenters. The molecule has 0 bridgehead atoms. The Morgan fingerprint density at radius 1 is 1.06 bits per heavy atom. The normalized spacial score (nSPS) is 10.9. The molecule has 0 radical (unpaired) electrons. The van der Waals surface area contributed by atoms with E-state index in [-0.39, 0.29) is 29.0 Å². The van der Waals surface area contributed by atoms with Crippen LogP contribution in [0, 0.1) is 0 Å². The molecule has 0 saturated carbocycles. The van der Waals surface area contributed by atoms with Gasteiger partial charge in [-0.3, -0.25) is 15.1 Å². The molecule has 1 aromatic carbocycles. The maximum atomic E-state index is 12.7. The molecule has 3 aromatic rings. The zero-order chi connectivity index (χ0) is 24.0. The van der Waals surface area contributed by atoms with Crippen molar-refractivity contribution >= 4 is 29.4 Å². The van der Waals surface area contributed by atoms with Crippen molar-refractivity contribution in [3.05, 3.63) is 76.7 Å². The number of halogens is 4. The van der Waals surface area contributed by atoms with Crippen LogP contribution in [0.1, 0.15) is 21.6 Å². The summed E-state index contributed by atoms with van der Waals surface area (Å²) < 4.78 is 43.7. The molecule has 0 aliphatic rings. The van der Waals surface area contributed by atoms with Crippen molar-refractivity contribution < 1.29 is 27.5 Å². The number of amides is 3. The molecule has 3 amide bonds. The van der Waals surface area contributed by atoms with Gasteiger partial charge in [0.25, 0.3) is 5.91 Å². The molecule has 0 atom stereocenters. The Morgan fingerprint density at radius 2 is 1.79 bits per heavy atom. The maximum Gasteiger partial charge on any atom is 0.417 e. The van der Waals surface area contributed by atoms with Gasteiger partial charge >= 0.3 is 12.2 Å². The molecule has 0 saturated heterocycles. The van der Waals surface area contributed by atoms with E-state index in [1.165, 1.54) is 19.3 Å². The quantitative estimate of drug-likeness (QED) is 0.478. The Morgan fingerprint density at radius 3 is 2.42 bits per heavy atom. The highest BCUT2D eigenvalue weighted by Gasteiger charge is 2.31. The van der Waals surface area contributed by atoms with Crippen LogP contribution in [0.4, 0.5) is 23.8 Å². The number of aromatic nitrogens is 2. The van der Waals surface area contributed by atoms with Gasteiger partial charge in [0.2, 0.25) is 0 Å². The Kier molecular flexibility index (Phi) is 7.34. The van der Waals surface area contributed by atoms with E-state index in [1.807, 2.05) is 0 Å². The molecule has 0 spiro atoms. The summed E-state index contributed by atoms with van der Waals surface area (Å²) in [6.45, 7) is 0.125. The van der Waals surface area contributed by atoms with Gasteiger partial charge in [-0.25, -0.2) is 9.78 Å². The molecular weight excluding hydrogens is 463 g/mol. The van der Waals surface area contributed by atoms with Crippen molar-refractivity contribution in [2.24, 2.45) is 0 Å². The van der Waals surface area contributed by atoms with Crippen LogP contribution in [0.15, 0.2) is 54.9 Å². The molecule has 0 fully saturated rings. The summed E-state index contributed by atoms with van der Waals surface area (Å²) in [6, 6.07) is 9.85. The van der Waals surface area contributed by atoms with Gasteiger partial charge < -0.3 is 15.4 Å². The number of benzene rings is 1. The number of carbonyl (C=O) groups is 2. The fourth-order valence-corrected chi connectivity index (χ4v) is 2.77. The second kappa shape index (κ2) is 10.2. The molecule has 2 aromatic heterocycles. The lowest BCUT2D eigenvalue weighted by Crippen LogP contribution is -2.28. The lowest BCUT2D eigenvalue weighted by atomic mass is 10.2. The van der Waals surface area contributed by atoms with Gasteiger partial charge in [-0.05, 0) is 29.8 Å². The highest BCUT2D eigenvalue weighted by atomic mass is 35.5. The number of hydrogen-bond acceptors (Lipinski definition) is 5. The summed E-state index contributed by atoms with van der Waals surface area (Å²) in [5.41, 5.74) is -0.0772. The minimum atomic E-state index is -4.59. The standard InChI is InChI=1S/C21H17ClF3N5O3/c1-26-19(31)17-9-15(6-7-27-17)33-14-4-2-12(3-5-14)10-29-20(32)30-18-16(22)8-13(11-28-18)21(23,24)25/h2-9,11H,10H2,1H3,(H,26,31)(H2,28,29,30,32). The van der Waals surface area contributed by atoms with Gasteiger partial charge in [-0.15, -0.1) is 0 Å². The Balaban J connectivity index is 1.54. The monoisotopic (exact) mass is 479 g/mol. The Labute approximate surface area is 191 Å². The van der Waals surface area contributed by atoms with Crippen molar-refractivity contribution in [1.82, 2.24) is 20.6 Å². The number of urea groups is 1. The number of nitrogens with zero attached hydrogens (tertiary/aromatic N) is 2. The van der Waals surface area contributed by atoms with E-state index in [2.05, 4.69) is 25.9 Å². The summed E-state index contributed by atoms with van der Waals surface area (Å²) >= 11 is 5.77. The van der Waals surface area contributed by atoms with Gasteiger partial charge in [-0.2, -0.15) is 13.2 Å². The topological polar surface area (TPSA) is 105 Å². The third-order valence-electron chi connectivity index (χ3n) is 4.20. The van der Waals surface area contributed by atoms with Crippen molar-refractivity contribution in [2.45, 2.75) is 12.7 Å². The third kappa shape index (κ3) is 6.56. The van der Waals surface area contributed by atoms with Crippen LogP contribution >= 0.6 is 11.6 Å². The van der Waals surface area contributed by atoms with E-state index in [0.717, 1.165) is 5.56 Å². The average Bonchev–Trinajstić information content (AvgIpc) is 2.79. The van der Waals surface area contributed by atoms with E-state index in [1.54, 1.807) is 30.3 Å². The second-order valence-electron chi connectivity index (χ2n) is 6.56. The Hall–Kier alpha value is -3.86. The first-order valence-electron chi connectivity index (χ1n) is 9.38. The van der Waals surface area contributed by atoms with Crippen molar-refractivity contribution in [2.75, 3.05) is 12.4 Å². The highest BCUT2D eigenvalue weighted by molar-refractivity contribution is 6.33. The molecule has 3 rings (SSSR count). The van der Waals surface area contributed by atoms with E-state index in [9.17, 15) is 22.8 Å². The van der Waals surface area contributed by atoms with E-state index < -0.39 is 17.8 Å². The van der Waals surface area contributed by atoms with Crippen LogP contribution in [0.2, 0.25) is 5.02 Å². The maximum absolute atomic E-state index is 12.7. The fourth-order valence-electron chi connectivity index (χ4n) is 2.56. The zero-order valence-electron chi connectivity index (χ0n) is 17.0. The smallest absolute Gasteiger partial charge is 0.417 e. The first-order chi connectivity index (χ1) is 15.7. The predicted molar refractivity (Wildman–Crippen MR) is 114 cm³/mol. The minimum Gasteiger partial charge on any atom is -0.457 e. The summed E-state index contributed by atoms with van der Waals surface area (Å²) in [4.78, 5) is 31.2. The zero-order valence-corrected chi connectivity index (χ0v) is 17.8. The molecule has 12 heteroatoms. The lowest BCUT2D eigenvalue weighted by Gasteiger charge is -2.11.